The van der Waals surface area contributed by atoms with E-state index in [4.69, 9.17) is 5.73 Å². The van der Waals surface area contributed by atoms with E-state index in [1.165, 1.54) is 11.1 Å². The number of nitrogens with one attached hydrogen (secondary N) is 1. The summed E-state index contributed by atoms with van der Waals surface area (Å²) in [5.41, 5.74) is 10.5. The Balaban J connectivity index is 2.02. The van der Waals surface area contributed by atoms with Crippen molar-refractivity contribution in [3.05, 3.63) is 45.4 Å². The second kappa shape index (κ2) is 6.48. The molecule has 22 heavy (non-hydrogen) atoms. The van der Waals surface area contributed by atoms with Crippen LogP contribution in [-0.2, 0) is 12.0 Å². The molecule has 2 rings (SSSR count). The fourth-order valence-corrected chi connectivity index (χ4v) is 3.06. The zero-order valence-electron chi connectivity index (χ0n) is 13.9. The highest BCUT2D eigenvalue weighted by Crippen LogP contribution is 2.24. The summed E-state index contributed by atoms with van der Waals surface area (Å²) in [5.74, 6) is 0.414. The van der Waals surface area contributed by atoms with Crippen LogP contribution in [0.5, 0.6) is 0 Å². The molecule has 0 amide bonds. The Kier molecular flexibility index (Phi) is 4.86. The number of aliphatic imine (C=N–C) groups is 1. The van der Waals surface area contributed by atoms with Crippen LogP contribution in [0, 0.1) is 13.8 Å². The molecule has 0 aliphatic carbocycles. The Labute approximate surface area is 136 Å². The average Bonchev–Trinajstić information content (AvgIpc) is 2.83. The predicted molar refractivity (Wildman–Crippen MR) is 95.7 cm³/mol. The summed E-state index contributed by atoms with van der Waals surface area (Å²) in [6.07, 6.45) is 0. The fraction of sp³-hybridized carbons (Fsp3) is 0.412. The van der Waals surface area contributed by atoms with E-state index in [-0.39, 0.29) is 5.41 Å². The first-order valence-electron chi connectivity index (χ1n) is 7.34. The summed E-state index contributed by atoms with van der Waals surface area (Å²) >= 11 is 1.63. The molecule has 0 atom stereocenters. The van der Waals surface area contributed by atoms with Gasteiger partial charge < -0.3 is 11.1 Å². The molecule has 0 aliphatic heterocycles. The third-order valence-corrected chi connectivity index (χ3v) is 4.03. The van der Waals surface area contributed by atoms with Crippen molar-refractivity contribution in [1.82, 2.24) is 4.98 Å². The number of hydrogen-bond donors (Lipinski definition) is 2. The summed E-state index contributed by atoms with van der Waals surface area (Å²) in [6, 6.07) is 6.23. The molecule has 1 aromatic heterocycles. The Bertz CT molecular complexity index is 660. The van der Waals surface area contributed by atoms with E-state index in [2.05, 4.69) is 73.5 Å². The number of thiazole rings is 1. The molecule has 4 nitrogen and oxygen atoms in total. The lowest BCUT2D eigenvalue weighted by molar-refractivity contribution is 0.571. The van der Waals surface area contributed by atoms with Crippen LogP contribution < -0.4 is 11.1 Å². The molecule has 0 saturated carbocycles. The standard InChI is InChI=1S/C17H24N4S/c1-11-6-12(2)8-13(7-11)20-16(18)19-9-15-21-14(10-22-15)17(3,4)5/h6-8,10H,9H2,1-5H3,(H3,18,19,20). The quantitative estimate of drug-likeness (QED) is 0.665. The molecular weight excluding hydrogens is 292 g/mol. The van der Waals surface area contributed by atoms with Crippen molar-refractivity contribution in [2.45, 2.75) is 46.6 Å². The number of nitrogens with two attached hydrogens (primary N) is 1. The highest BCUT2D eigenvalue weighted by atomic mass is 32.1. The summed E-state index contributed by atoms with van der Waals surface area (Å²) < 4.78 is 0. The first-order chi connectivity index (χ1) is 10.2. The molecule has 5 heteroatoms. The Hall–Kier alpha value is -1.88. The van der Waals surface area contributed by atoms with Gasteiger partial charge in [-0.1, -0.05) is 26.8 Å². The molecule has 3 N–H and O–H groups in total. The van der Waals surface area contributed by atoms with Crippen LogP contribution in [0.2, 0.25) is 0 Å². The van der Waals surface area contributed by atoms with Gasteiger partial charge in [-0.05, 0) is 37.1 Å². The summed E-state index contributed by atoms with van der Waals surface area (Å²) in [6.45, 7) is 11.1. The van der Waals surface area contributed by atoms with Crippen molar-refractivity contribution in [3.8, 4) is 0 Å². The minimum absolute atomic E-state index is 0.0708. The van der Waals surface area contributed by atoms with Crippen molar-refractivity contribution in [2.75, 3.05) is 5.32 Å². The van der Waals surface area contributed by atoms with E-state index in [0.717, 1.165) is 16.4 Å². The first kappa shape index (κ1) is 16.5. The van der Waals surface area contributed by atoms with Gasteiger partial charge in [0.2, 0.25) is 0 Å². The van der Waals surface area contributed by atoms with Gasteiger partial charge in [-0.2, -0.15) is 0 Å². The van der Waals surface area contributed by atoms with Gasteiger partial charge in [-0.15, -0.1) is 11.3 Å². The van der Waals surface area contributed by atoms with Crippen LogP contribution in [0.1, 0.15) is 42.6 Å². The highest BCUT2D eigenvalue weighted by molar-refractivity contribution is 7.09. The van der Waals surface area contributed by atoms with Crippen LogP contribution in [0.4, 0.5) is 5.69 Å². The van der Waals surface area contributed by atoms with E-state index in [1.54, 1.807) is 11.3 Å². The van der Waals surface area contributed by atoms with Crippen LogP contribution in [0.3, 0.4) is 0 Å². The molecule has 118 valence electrons. The van der Waals surface area contributed by atoms with Gasteiger partial charge in [-0.3, -0.25) is 0 Å². The minimum atomic E-state index is 0.0708. The lowest BCUT2D eigenvalue weighted by Gasteiger charge is -2.14. The largest absolute Gasteiger partial charge is 0.370 e. The molecule has 0 fully saturated rings. The fourth-order valence-electron chi connectivity index (χ4n) is 2.12. The molecule has 1 heterocycles. The zero-order valence-corrected chi connectivity index (χ0v) is 14.7. The number of aryl methyl sites for hydroxylation is 2. The third-order valence-electron chi connectivity index (χ3n) is 3.20. The van der Waals surface area contributed by atoms with Crippen molar-refractivity contribution in [2.24, 2.45) is 10.7 Å². The van der Waals surface area contributed by atoms with Crippen molar-refractivity contribution >= 4 is 23.0 Å². The first-order valence-corrected chi connectivity index (χ1v) is 8.22. The summed E-state index contributed by atoms with van der Waals surface area (Å²) in [7, 11) is 0. The van der Waals surface area contributed by atoms with E-state index in [9.17, 15) is 0 Å². The molecular formula is C17H24N4S. The van der Waals surface area contributed by atoms with Crippen LogP contribution >= 0.6 is 11.3 Å². The lowest BCUT2D eigenvalue weighted by atomic mass is 9.93. The number of guanidine groups is 1. The van der Waals surface area contributed by atoms with E-state index in [1.807, 2.05) is 0 Å². The van der Waals surface area contributed by atoms with Crippen LogP contribution in [0.15, 0.2) is 28.6 Å². The van der Waals surface area contributed by atoms with Crippen LogP contribution in [0.25, 0.3) is 0 Å². The maximum absolute atomic E-state index is 5.96. The van der Waals surface area contributed by atoms with Gasteiger partial charge >= 0.3 is 0 Å². The third kappa shape index (κ3) is 4.56. The van der Waals surface area contributed by atoms with Gasteiger partial charge in [0.05, 0.1) is 12.2 Å². The second-order valence-corrected chi connectivity index (χ2v) is 7.52. The SMILES string of the molecule is Cc1cc(C)cc(NC(N)=NCc2nc(C(C)(C)C)cs2)c1. The topological polar surface area (TPSA) is 63.3 Å². The number of anilines is 1. The molecule has 0 spiro atoms. The van der Waals surface area contributed by atoms with Gasteiger partial charge in [0.1, 0.15) is 5.01 Å². The minimum Gasteiger partial charge on any atom is -0.370 e. The maximum Gasteiger partial charge on any atom is 0.193 e. The summed E-state index contributed by atoms with van der Waals surface area (Å²) in [5, 5.41) is 6.21. The number of nitrogens with zero attached hydrogens (tertiary/aromatic N) is 2. The lowest BCUT2D eigenvalue weighted by Crippen LogP contribution is -2.22. The molecule has 1 aromatic carbocycles. The zero-order chi connectivity index (χ0) is 16.3. The van der Waals surface area contributed by atoms with Gasteiger partial charge in [0.15, 0.2) is 5.96 Å². The van der Waals surface area contributed by atoms with Crippen LogP contribution in [-0.4, -0.2) is 10.9 Å². The number of benzene rings is 1. The van der Waals surface area contributed by atoms with Gasteiger partial charge in [0, 0.05) is 16.5 Å². The van der Waals surface area contributed by atoms with Gasteiger partial charge in [0.25, 0.3) is 0 Å². The molecule has 0 radical (unpaired) electrons. The number of aromatic nitrogens is 1. The maximum atomic E-state index is 5.96. The Morgan fingerprint density at radius 2 is 1.86 bits per heavy atom. The normalized spacial score (nSPS) is 12.5. The highest BCUT2D eigenvalue weighted by Gasteiger charge is 2.17. The number of hydrogen-bond acceptors (Lipinski definition) is 3. The summed E-state index contributed by atoms with van der Waals surface area (Å²) in [4.78, 5) is 8.99. The van der Waals surface area contributed by atoms with Crippen molar-refractivity contribution < 1.29 is 0 Å². The van der Waals surface area contributed by atoms with Crippen molar-refractivity contribution in [1.29, 1.82) is 0 Å². The Morgan fingerprint density at radius 1 is 1.23 bits per heavy atom. The molecule has 0 unspecified atom stereocenters. The van der Waals surface area contributed by atoms with E-state index >= 15 is 0 Å². The monoisotopic (exact) mass is 316 g/mol. The Morgan fingerprint density at radius 3 is 2.41 bits per heavy atom. The smallest absolute Gasteiger partial charge is 0.193 e. The molecule has 2 aromatic rings. The average molecular weight is 316 g/mol. The van der Waals surface area contributed by atoms with Gasteiger partial charge in [-0.25, -0.2) is 9.98 Å². The second-order valence-electron chi connectivity index (χ2n) is 6.58. The predicted octanol–water partition coefficient (Wildman–Crippen LogP) is 3.98. The number of rotatable bonds is 3. The molecule has 0 bridgehead atoms. The molecule has 0 saturated heterocycles. The van der Waals surface area contributed by atoms with E-state index < -0.39 is 0 Å². The van der Waals surface area contributed by atoms with Crippen molar-refractivity contribution in [3.63, 3.8) is 0 Å². The molecule has 0 aliphatic rings. The van der Waals surface area contributed by atoms with E-state index in [0.29, 0.717) is 12.5 Å².